The average molecular weight is 520 g/mol. The normalized spacial score (nSPS) is 16.0. The number of benzene rings is 2. The molecule has 36 heavy (non-hydrogen) atoms. The maximum Gasteiger partial charge on any atom is 0.417 e. The van der Waals surface area contributed by atoms with Crippen molar-refractivity contribution in [3.63, 3.8) is 0 Å². The van der Waals surface area contributed by atoms with Crippen molar-refractivity contribution >= 4 is 29.1 Å². The van der Waals surface area contributed by atoms with Crippen LogP contribution < -0.4 is 20.7 Å². The summed E-state index contributed by atoms with van der Waals surface area (Å²) in [6.07, 6.45) is -0.585. The Kier molecular flexibility index (Phi) is 7.95. The van der Waals surface area contributed by atoms with Crippen molar-refractivity contribution in [2.45, 2.75) is 37.9 Å². The SMILES string of the molecule is NC1CCCN(c2nccc(Oc3cccc(CCC(=O)Nc4ccc(Cl)c(C(F)(F)F)c4)c3)n2)C1. The average Bonchev–Trinajstić information content (AvgIpc) is 2.84. The van der Waals surface area contributed by atoms with Crippen LogP contribution in [0.5, 0.6) is 11.6 Å². The second-order valence-corrected chi connectivity index (χ2v) is 8.94. The zero-order valence-corrected chi connectivity index (χ0v) is 20.0. The molecule has 0 radical (unpaired) electrons. The van der Waals surface area contributed by atoms with Crippen LogP contribution in [0.1, 0.15) is 30.4 Å². The summed E-state index contributed by atoms with van der Waals surface area (Å²) in [5, 5.41) is 2.06. The Morgan fingerprint density at radius 3 is 2.83 bits per heavy atom. The number of anilines is 2. The van der Waals surface area contributed by atoms with E-state index in [1.54, 1.807) is 30.5 Å². The van der Waals surface area contributed by atoms with E-state index in [1.165, 1.54) is 6.07 Å². The number of aryl methyl sites for hydroxylation is 1. The van der Waals surface area contributed by atoms with Crippen LogP contribution in [-0.2, 0) is 17.4 Å². The van der Waals surface area contributed by atoms with E-state index in [-0.39, 0.29) is 18.2 Å². The summed E-state index contributed by atoms with van der Waals surface area (Å²) in [6.45, 7) is 1.52. The monoisotopic (exact) mass is 519 g/mol. The predicted octanol–water partition coefficient (Wildman–Crippen LogP) is 5.44. The van der Waals surface area contributed by atoms with Crippen LogP contribution in [0.2, 0.25) is 5.02 Å². The number of amides is 1. The number of halogens is 4. The van der Waals surface area contributed by atoms with Crippen LogP contribution in [-0.4, -0.2) is 35.0 Å². The molecule has 190 valence electrons. The van der Waals surface area contributed by atoms with Gasteiger partial charge in [-0.3, -0.25) is 4.79 Å². The van der Waals surface area contributed by atoms with Gasteiger partial charge in [0, 0.05) is 43.5 Å². The number of rotatable bonds is 7. The summed E-state index contributed by atoms with van der Waals surface area (Å²) in [5.41, 5.74) is 5.91. The molecular formula is C25H25ClF3N5O2. The van der Waals surface area contributed by atoms with Gasteiger partial charge in [-0.05, 0) is 55.2 Å². The molecule has 0 spiro atoms. The van der Waals surface area contributed by atoms with Crippen molar-refractivity contribution in [2.24, 2.45) is 5.73 Å². The van der Waals surface area contributed by atoms with Gasteiger partial charge in [0.2, 0.25) is 17.7 Å². The Bertz CT molecular complexity index is 1220. The second kappa shape index (κ2) is 11.1. The van der Waals surface area contributed by atoms with Crippen LogP contribution >= 0.6 is 11.6 Å². The number of hydrogen-bond donors (Lipinski definition) is 2. The van der Waals surface area contributed by atoms with Gasteiger partial charge in [0.1, 0.15) is 5.75 Å². The zero-order chi connectivity index (χ0) is 25.7. The standard InChI is InChI=1S/C25H25ClF3N5O2/c26-21-8-7-18(14-20(21)25(27,28)29)32-22(35)9-6-16-3-1-5-19(13-16)36-23-10-11-31-24(33-23)34-12-2-4-17(30)15-34/h1,3,5,7-8,10-11,13-14,17H,2,4,6,9,12,15,30H2,(H,32,35). The van der Waals surface area contributed by atoms with Crippen molar-refractivity contribution in [3.05, 3.63) is 70.9 Å². The molecule has 4 rings (SSSR count). The Morgan fingerprint density at radius 2 is 2.06 bits per heavy atom. The molecule has 1 aromatic heterocycles. The summed E-state index contributed by atoms with van der Waals surface area (Å²) in [5.74, 6) is 1.07. The molecule has 1 fully saturated rings. The largest absolute Gasteiger partial charge is 0.439 e. The van der Waals surface area contributed by atoms with E-state index in [2.05, 4.69) is 15.3 Å². The van der Waals surface area contributed by atoms with Gasteiger partial charge in [-0.2, -0.15) is 18.2 Å². The molecule has 1 aliphatic heterocycles. The highest BCUT2D eigenvalue weighted by atomic mass is 35.5. The number of ether oxygens (including phenoxy) is 1. The fraction of sp³-hybridized carbons (Fsp3) is 0.320. The van der Waals surface area contributed by atoms with Gasteiger partial charge in [-0.15, -0.1) is 0 Å². The summed E-state index contributed by atoms with van der Waals surface area (Å²) in [4.78, 5) is 23.2. The van der Waals surface area contributed by atoms with Crippen molar-refractivity contribution in [2.75, 3.05) is 23.3 Å². The molecule has 0 saturated carbocycles. The lowest BCUT2D eigenvalue weighted by atomic mass is 10.1. The maximum atomic E-state index is 13.0. The van der Waals surface area contributed by atoms with Gasteiger partial charge in [0.05, 0.1) is 10.6 Å². The highest BCUT2D eigenvalue weighted by Gasteiger charge is 2.33. The molecule has 3 N–H and O–H groups in total. The molecule has 1 aliphatic rings. The third-order valence-corrected chi connectivity index (χ3v) is 6.00. The van der Waals surface area contributed by atoms with Crippen LogP contribution in [0, 0.1) is 0 Å². The number of carbonyl (C=O) groups is 1. The van der Waals surface area contributed by atoms with E-state index < -0.39 is 22.7 Å². The Morgan fingerprint density at radius 1 is 1.22 bits per heavy atom. The van der Waals surface area contributed by atoms with Gasteiger partial charge in [0.15, 0.2) is 0 Å². The predicted molar refractivity (Wildman–Crippen MR) is 131 cm³/mol. The van der Waals surface area contributed by atoms with Gasteiger partial charge < -0.3 is 20.7 Å². The Balaban J connectivity index is 1.35. The lowest BCUT2D eigenvalue weighted by Gasteiger charge is -2.30. The van der Waals surface area contributed by atoms with E-state index in [0.29, 0.717) is 30.5 Å². The van der Waals surface area contributed by atoms with Crippen LogP contribution in [0.4, 0.5) is 24.8 Å². The lowest BCUT2D eigenvalue weighted by molar-refractivity contribution is -0.137. The van der Waals surface area contributed by atoms with E-state index in [0.717, 1.165) is 37.1 Å². The quantitative estimate of drug-likeness (QED) is 0.432. The van der Waals surface area contributed by atoms with Crippen molar-refractivity contribution in [1.82, 2.24) is 9.97 Å². The lowest BCUT2D eigenvalue weighted by Crippen LogP contribution is -2.43. The summed E-state index contributed by atoms with van der Waals surface area (Å²) in [6, 6.07) is 12.2. The van der Waals surface area contributed by atoms with Gasteiger partial charge in [-0.1, -0.05) is 23.7 Å². The molecule has 2 heterocycles. The number of aromatic nitrogens is 2. The summed E-state index contributed by atoms with van der Waals surface area (Å²) in [7, 11) is 0. The van der Waals surface area contributed by atoms with Gasteiger partial charge >= 0.3 is 6.18 Å². The minimum Gasteiger partial charge on any atom is -0.439 e. The summed E-state index contributed by atoms with van der Waals surface area (Å²) < 4.78 is 45.0. The number of carbonyl (C=O) groups excluding carboxylic acids is 1. The van der Waals surface area contributed by atoms with E-state index >= 15 is 0 Å². The number of alkyl halides is 3. The molecular weight excluding hydrogens is 495 g/mol. The zero-order valence-electron chi connectivity index (χ0n) is 19.3. The molecule has 0 bridgehead atoms. The van der Waals surface area contributed by atoms with Gasteiger partial charge in [-0.25, -0.2) is 4.98 Å². The first-order chi connectivity index (χ1) is 17.2. The van der Waals surface area contributed by atoms with Crippen molar-refractivity contribution < 1.29 is 22.7 Å². The second-order valence-electron chi connectivity index (χ2n) is 8.53. The van der Waals surface area contributed by atoms with Crippen LogP contribution in [0.3, 0.4) is 0 Å². The molecule has 2 aromatic carbocycles. The first-order valence-electron chi connectivity index (χ1n) is 11.4. The number of nitrogens with one attached hydrogen (secondary N) is 1. The highest BCUT2D eigenvalue weighted by Crippen LogP contribution is 2.36. The van der Waals surface area contributed by atoms with Crippen molar-refractivity contribution in [3.8, 4) is 11.6 Å². The highest BCUT2D eigenvalue weighted by molar-refractivity contribution is 6.31. The third-order valence-electron chi connectivity index (χ3n) is 5.68. The molecule has 11 heteroatoms. The first kappa shape index (κ1) is 25.7. The van der Waals surface area contributed by atoms with E-state index in [1.807, 2.05) is 11.0 Å². The fourth-order valence-electron chi connectivity index (χ4n) is 3.92. The third kappa shape index (κ3) is 6.86. The number of nitrogens with zero attached hydrogens (tertiary/aromatic N) is 3. The van der Waals surface area contributed by atoms with Crippen LogP contribution in [0.25, 0.3) is 0 Å². The molecule has 1 unspecified atom stereocenters. The number of piperidine rings is 1. The number of hydrogen-bond acceptors (Lipinski definition) is 6. The molecule has 1 saturated heterocycles. The van der Waals surface area contributed by atoms with E-state index in [9.17, 15) is 18.0 Å². The first-order valence-corrected chi connectivity index (χ1v) is 11.8. The maximum absolute atomic E-state index is 13.0. The minimum absolute atomic E-state index is 0.0306. The Hall–Kier alpha value is -3.37. The topological polar surface area (TPSA) is 93.4 Å². The fourth-order valence-corrected chi connectivity index (χ4v) is 4.14. The van der Waals surface area contributed by atoms with Crippen LogP contribution in [0.15, 0.2) is 54.7 Å². The number of nitrogens with two attached hydrogens (primary N) is 1. The molecule has 7 nitrogen and oxygen atoms in total. The van der Waals surface area contributed by atoms with Crippen molar-refractivity contribution in [1.29, 1.82) is 0 Å². The molecule has 1 atom stereocenters. The van der Waals surface area contributed by atoms with Gasteiger partial charge in [0.25, 0.3) is 0 Å². The smallest absolute Gasteiger partial charge is 0.417 e. The Labute approximate surface area is 211 Å². The molecule has 0 aliphatic carbocycles. The minimum atomic E-state index is -4.61. The van der Waals surface area contributed by atoms with E-state index in [4.69, 9.17) is 22.1 Å². The molecule has 3 aromatic rings. The summed E-state index contributed by atoms with van der Waals surface area (Å²) >= 11 is 5.63. The molecule has 1 amide bonds.